The number of amides is 1. The summed E-state index contributed by atoms with van der Waals surface area (Å²) in [6.07, 6.45) is 0.454. The number of nitrogens with zero attached hydrogens (tertiary/aromatic N) is 3. The van der Waals surface area contributed by atoms with E-state index >= 15 is 0 Å². The highest BCUT2D eigenvalue weighted by molar-refractivity contribution is 5.97. The van der Waals surface area contributed by atoms with Gasteiger partial charge in [0.2, 0.25) is 5.91 Å². The van der Waals surface area contributed by atoms with Crippen molar-refractivity contribution in [3.05, 3.63) is 83.7 Å². The summed E-state index contributed by atoms with van der Waals surface area (Å²) in [7, 11) is 1.65. The monoisotopic (exact) mass is 455 g/mol. The summed E-state index contributed by atoms with van der Waals surface area (Å²) in [5.74, 6) is 2.71. The fraction of sp³-hybridized carbons (Fsp3) is 0.286. The van der Waals surface area contributed by atoms with Crippen LogP contribution in [0, 0.1) is 13.8 Å². The average Bonchev–Trinajstić information content (AvgIpc) is 3.42. The molecule has 1 aliphatic heterocycles. The maximum absolute atomic E-state index is 13.1. The summed E-state index contributed by atoms with van der Waals surface area (Å²) in [4.78, 5) is 19.9. The number of rotatable bonds is 7. The van der Waals surface area contributed by atoms with E-state index in [1.54, 1.807) is 7.11 Å². The largest absolute Gasteiger partial charge is 0.497 e. The molecule has 1 amide bonds. The van der Waals surface area contributed by atoms with E-state index in [0.29, 0.717) is 26.1 Å². The van der Waals surface area contributed by atoms with Crippen LogP contribution in [0.2, 0.25) is 0 Å². The lowest BCUT2D eigenvalue weighted by Crippen LogP contribution is -2.25. The fourth-order valence-electron chi connectivity index (χ4n) is 4.71. The number of para-hydroxylation sites is 2. The SMILES string of the molecule is COc1ccc(OCCn2c(C3CC(=O)N(c4cccc(C)c4C)C3)nc3ccccc32)cc1. The van der Waals surface area contributed by atoms with Gasteiger partial charge in [-0.05, 0) is 67.4 Å². The van der Waals surface area contributed by atoms with E-state index in [-0.39, 0.29) is 11.8 Å². The number of aromatic nitrogens is 2. The maximum atomic E-state index is 13.1. The van der Waals surface area contributed by atoms with Crippen LogP contribution in [-0.4, -0.2) is 35.7 Å². The van der Waals surface area contributed by atoms with Crippen molar-refractivity contribution in [1.82, 2.24) is 9.55 Å². The Morgan fingerprint density at radius 3 is 2.53 bits per heavy atom. The van der Waals surface area contributed by atoms with Gasteiger partial charge >= 0.3 is 0 Å². The van der Waals surface area contributed by atoms with E-state index < -0.39 is 0 Å². The zero-order valence-corrected chi connectivity index (χ0v) is 19.8. The van der Waals surface area contributed by atoms with Gasteiger partial charge in [0.1, 0.15) is 23.9 Å². The molecule has 1 saturated heterocycles. The first-order valence-corrected chi connectivity index (χ1v) is 11.6. The maximum Gasteiger partial charge on any atom is 0.227 e. The number of anilines is 1. The third kappa shape index (κ3) is 4.12. The summed E-state index contributed by atoms with van der Waals surface area (Å²) in [6.45, 7) is 5.94. The van der Waals surface area contributed by atoms with Gasteiger partial charge in [0, 0.05) is 24.6 Å². The Balaban J connectivity index is 1.39. The number of fused-ring (bicyclic) bond motifs is 1. The number of aryl methyl sites for hydroxylation is 1. The van der Waals surface area contributed by atoms with Crippen molar-refractivity contribution < 1.29 is 14.3 Å². The quantitative estimate of drug-likeness (QED) is 0.381. The number of carbonyl (C=O) groups excluding carboxylic acids is 1. The minimum atomic E-state index is 0.0285. The molecule has 4 aromatic rings. The van der Waals surface area contributed by atoms with Crippen molar-refractivity contribution in [2.45, 2.75) is 32.7 Å². The Bertz CT molecular complexity index is 1330. The van der Waals surface area contributed by atoms with Crippen molar-refractivity contribution in [2.24, 2.45) is 0 Å². The molecule has 0 spiro atoms. The molecule has 1 unspecified atom stereocenters. The molecule has 3 aromatic carbocycles. The minimum absolute atomic E-state index is 0.0285. The zero-order valence-electron chi connectivity index (χ0n) is 19.8. The van der Waals surface area contributed by atoms with Gasteiger partial charge < -0.3 is 18.9 Å². The number of methoxy groups -OCH3 is 1. The molecule has 0 radical (unpaired) electrons. The summed E-state index contributed by atoms with van der Waals surface area (Å²) in [6, 6.07) is 21.9. The van der Waals surface area contributed by atoms with Crippen molar-refractivity contribution in [3.63, 3.8) is 0 Å². The van der Waals surface area contributed by atoms with Crippen LogP contribution in [0.1, 0.15) is 29.3 Å². The van der Waals surface area contributed by atoms with Gasteiger partial charge in [-0.3, -0.25) is 4.79 Å². The number of hydrogen-bond donors (Lipinski definition) is 0. The molecule has 174 valence electrons. The van der Waals surface area contributed by atoms with Gasteiger partial charge in [0.15, 0.2) is 0 Å². The van der Waals surface area contributed by atoms with E-state index in [9.17, 15) is 4.79 Å². The standard InChI is InChI=1S/C28H29N3O3/c1-19-7-6-10-25(20(19)2)31-18-21(17-27(31)32)28-29-24-8-4-5-9-26(24)30(28)15-16-34-23-13-11-22(33-3)12-14-23/h4-14,21H,15-18H2,1-3H3. The van der Waals surface area contributed by atoms with Crippen LogP contribution in [0.4, 0.5) is 5.69 Å². The Labute approximate surface area is 199 Å². The first-order valence-electron chi connectivity index (χ1n) is 11.6. The molecule has 1 aliphatic rings. The second-order valence-electron chi connectivity index (χ2n) is 8.76. The molecule has 6 heteroatoms. The molecule has 0 bridgehead atoms. The zero-order chi connectivity index (χ0) is 23.7. The van der Waals surface area contributed by atoms with E-state index in [1.165, 1.54) is 5.56 Å². The molecular weight excluding hydrogens is 426 g/mol. The number of carbonyl (C=O) groups is 1. The van der Waals surface area contributed by atoms with Crippen LogP contribution in [-0.2, 0) is 11.3 Å². The summed E-state index contributed by atoms with van der Waals surface area (Å²) < 4.78 is 13.4. The van der Waals surface area contributed by atoms with Crippen molar-refractivity contribution in [1.29, 1.82) is 0 Å². The smallest absolute Gasteiger partial charge is 0.227 e. The van der Waals surface area contributed by atoms with Gasteiger partial charge in [-0.15, -0.1) is 0 Å². The number of imidazole rings is 1. The Kier molecular flexibility index (Phi) is 5.97. The molecule has 0 saturated carbocycles. The number of benzene rings is 3. The third-order valence-electron chi connectivity index (χ3n) is 6.68. The Morgan fingerprint density at radius 1 is 0.971 bits per heavy atom. The first kappa shape index (κ1) is 22.0. The molecule has 0 aliphatic carbocycles. The highest BCUT2D eigenvalue weighted by Crippen LogP contribution is 2.35. The van der Waals surface area contributed by atoms with Crippen LogP contribution >= 0.6 is 0 Å². The minimum Gasteiger partial charge on any atom is -0.497 e. The summed E-state index contributed by atoms with van der Waals surface area (Å²) in [5, 5.41) is 0. The lowest BCUT2D eigenvalue weighted by Gasteiger charge is -2.20. The molecule has 34 heavy (non-hydrogen) atoms. The van der Waals surface area contributed by atoms with E-state index in [0.717, 1.165) is 39.6 Å². The fourth-order valence-corrected chi connectivity index (χ4v) is 4.71. The third-order valence-corrected chi connectivity index (χ3v) is 6.68. The molecule has 0 N–H and O–H groups in total. The van der Waals surface area contributed by atoms with Crippen molar-refractivity contribution in [2.75, 3.05) is 25.2 Å². The first-order chi connectivity index (χ1) is 16.5. The molecule has 6 nitrogen and oxygen atoms in total. The Hall–Kier alpha value is -3.80. The average molecular weight is 456 g/mol. The van der Waals surface area contributed by atoms with Gasteiger partial charge in [-0.2, -0.15) is 0 Å². The summed E-state index contributed by atoms with van der Waals surface area (Å²) in [5.41, 5.74) is 5.35. The molecular formula is C28H29N3O3. The molecule has 1 atom stereocenters. The molecule has 1 aromatic heterocycles. The van der Waals surface area contributed by atoms with E-state index in [1.807, 2.05) is 59.5 Å². The molecule has 2 heterocycles. The van der Waals surface area contributed by atoms with E-state index in [4.69, 9.17) is 14.5 Å². The topological polar surface area (TPSA) is 56.6 Å². The van der Waals surface area contributed by atoms with Crippen LogP contribution < -0.4 is 14.4 Å². The highest BCUT2D eigenvalue weighted by atomic mass is 16.5. The molecule has 5 rings (SSSR count). The normalized spacial score (nSPS) is 15.8. The lowest BCUT2D eigenvalue weighted by atomic mass is 10.1. The van der Waals surface area contributed by atoms with E-state index in [2.05, 4.69) is 30.5 Å². The predicted molar refractivity (Wildman–Crippen MR) is 134 cm³/mol. The summed E-state index contributed by atoms with van der Waals surface area (Å²) >= 11 is 0. The Morgan fingerprint density at radius 2 is 1.74 bits per heavy atom. The highest BCUT2D eigenvalue weighted by Gasteiger charge is 2.35. The van der Waals surface area contributed by atoms with Crippen LogP contribution in [0.3, 0.4) is 0 Å². The number of ether oxygens (including phenoxy) is 2. The van der Waals surface area contributed by atoms with Crippen molar-refractivity contribution >= 4 is 22.6 Å². The lowest BCUT2D eigenvalue weighted by molar-refractivity contribution is -0.117. The van der Waals surface area contributed by atoms with Gasteiger partial charge in [-0.25, -0.2) is 4.98 Å². The number of hydrogen-bond acceptors (Lipinski definition) is 4. The van der Waals surface area contributed by atoms with Gasteiger partial charge in [0.25, 0.3) is 0 Å². The second-order valence-corrected chi connectivity index (χ2v) is 8.76. The van der Waals surface area contributed by atoms with Crippen molar-refractivity contribution in [3.8, 4) is 11.5 Å². The van der Waals surface area contributed by atoms with Crippen LogP contribution in [0.5, 0.6) is 11.5 Å². The predicted octanol–water partition coefficient (Wildman–Crippen LogP) is 5.26. The second kappa shape index (κ2) is 9.21. The molecule has 1 fully saturated rings. The van der Waals surface area contributed by atoms with Crippen LogP contribution in [0.25, 0.3) is 11.0 Å². The van der Waals surface area contributed by atoms with Gasteiger partial charge in [0.05, 0.1) is 24.7 Å². The van der Waals surface area contributed by atoms with Crippen LogP contribution in [0.15, 0.2) is 66.7 Å². The van der Waals surface area contributed by atoms with Gasteiger partial charge in [-0.1, -0.05) is 24.3 Å².